The maximum absolute atomic E-state index is 13.5. The number of hydrogen-bond donors (Lipinski definition) is 1. The Hall–Kier alpha value is -2.77. The molecule has 34 heavy (non-hydrogen) atoms. The van der Waals surface area contributed by atoms with Crippen LogP contribution in [0.2, 0.25) is 0 Å². The van der Waals surface area contributed by atoms with E-state index in [2.05, 4.69) is 13.1 Å². The Morgan fingerprint density at radius 2 is 1.56 bits per heavy atom. The molecular formula is C27H33F2N2O3+. The number of rotatable bonds is 6. The minimum atomic E-state index is -1.34. The highest BCUT2D eigenvalue weighted by Gasteiger charge is 2.64. The van der Waals surface area contributed by atoms with Crippen molar-refractivity contribution < 1.29 is 27.9 Å². The van der Waals surface area contributed by atoms with Crippen LogP contribution in [0.25, 0.3) is 5.57 Å². The molecule has 1 spiro atoms. The molecule has 0 saturated carbocycles. The maximum atomic E-state index is 13.5. The lowest BCUT2D eigenvalue weighted by atomic mass is 9.81. The van der Waals surface area contributed by atoms with E-state index in [9.17, 15) is 18.7 Å². The Balaban J connectivity index is 1.55. The van der Waals surface area contributed by atoms with Crippen LogP contribution in [0.3, 0.4) is 0 Å². The molecule has 2 aliphatic heterocycles. The fraction of sp³-hybridized carbons (Fsp3) is 0.444. The number of benzene rings is 2. The first-order chi connectivity index (χ1) is 16.1. The number of amides is 1. The number of ether oxygens (including phenoxy) is 1. The summed E-state index contributed by atoms with van der Waals surface area (Å²) in [6.07, 6.45) is 3.52. The van der Waals surface area contributed by atoms with E-state index in [0.717, 1.165) is 36.2 Å². The van der Waals surface area contributed by atoms with E-state index in [1.54, 1.807) is 31.2 Å². The number of nitrogens with zero attached hydrogens (tertiary/aromatic N) is 2. The molecule has 0 bridgehead atoms. The van der Waals surface area contributed by atoms with Crippen LogP contribution in [0.1, 0.15) is 44.2 Å². The summed E-state index contributed by atoms with van der Waals surface area (Å²) < 4.78 is 33.5. The molecule has 2 saturated heterocycles. The van der Waals surface area contributed by atoms with Crippen LogP contribution in [0.4, 0.5) is 13.6 Å². The number of carbonyl (C=O) groups is 1. The third kappa shape index (κ3) is 4.46. The minimum absolute atomic E-state index is 0.308. The van der Waals surface area contributed by atoms with Crippen LogP contribution in [0, 0.1) is 11.6 Å². The van der Waals surface area contributed by atoms with Gasteiger partial charge < -0.3 is 14.3 Å². The maximum Gasteiger partial charge on any atom is 0.412 e. The van der Waals surface area contributed by atoms with Crippen molar-refractivity contribution in [3.8, 4) is 0 Å². The SMILES string of the molecule is CCCN1C(=O)OC2(CC[N+](C)(CC=C(c3ccc(F)cc3)c3ccc(F)cc3)CC2)C1(C)O. The quantitative estimate of drug-likeness (QED) is 0.607. The molecule has 2 fully saturated rings. The van der Waals surface area contributed by atoms with Crippen molar-refractivity contribution in [2.24, 2.45) is 0 Å². The van der Waals surface area contributed by atoms with Crippen molar-refractivity contribution in [2.45, 2.75) is 44.4 Å². The zero-order valence-electron chi connectivity index (χ0n) is 20.1. The molecule has 2 aliphatic rings. The molecule has 1 atom stereocenters. The first-order valence-corrected chi connectivity index (χ1v) is 11.9. The molecule has 2 aromatic carbocycles. The average Bonchev–Trinajstić information content (AvgIpc) is 2.99. The molecule has 5 nitrogen and oxygen atoms in total. The van der Waals surface area contributed by atoms with Crippen LogP contribution >= 0.6 is 0 Å². The fourth-order valence-corrected chi connectivity index (χ4v) is 5.14. The van der Waals surface area contributed by atoms with Crippen molar-refractivity contribution in [1.29, 1.82) is 0 Å². The van der Waals surface area contributed by atoms with Crippen molar-refractivity contribution >= 4 is 11.7 Å². The summed E-state index contributed by atoms with van der Waals surface area (Å²) in [7, 11) is 2.14. The normalized spacial score (nSPS) is 28.8. The van der Waals surface area contributed by atoms with Gasteiger partial charge in [0.1, 0.15) is 11.6 Å². The molecule has 4 rings (SSSR count). The van der Waals surface area contributed by atoms with E-state index in [1.165, 1.54) is 29.2 Å². The number of quaternary nitrogens is 1. The molecule has 7 heteroatoms. The molecule has 0 aromatic heterocycles. The lowest BCUT2D eigenvalue weighted by molar-refractivity contribution is -0.911. The summed E-state index contributed by atoms with van der Waals surface area (Å²) in [4.78, 5) is 13.9. The zero-order valence-corrected chi connectivity index (χ0v) is 20.1. The second-order valence-electron chi connectivity index (χ2n) is 9.92. The van der Waals surface area contributed by atoms with E-state index >= 15 is 0 Å². The summed E-state index contributed by atoms with van der Waals surface area (Å²) in [5.74, 6) is -0.615. The summed E-state index contributed by atoms with van der Waals surface area (Å²) in [6.45, 7) is 6.25. The summed E-state index contributed by atoms with van der Waals surface area (Å²) in [5, 5.41) is 11.3. The van der Waals surface area contributed by atoms with Crippen LogP contribution in [-0.4, -0.2) is 65.1 Å². The van der Waals surface area contributed by atoms with Gasteiger partial charge in [0, 0.05) is 19.4 Å². The number of aliphatic hydroxyl groups is 1. The van der Waals surface area contributed by atoms with E-state index in [4.69, 9.17) is 4.74 Å². The highest BCUT2D eigenvalue weighted by Crippen LogP contribution is 2.45. The predicted molar refractivity (Wildman–Crippen MR) is 127 cm³/mol. The number of likely N-dealkylation sites (N-methyl/N-ethyl adjacent to an activating group) is 1. The van der Waals surface area contributed by atoms with Gasteiger partial charge in [-0.25, -0.2) is 13.6 Å². The Labute approximate surface area is 199 Å². The molecule has 2 heterocycles. The molecule has 1 N–H and O–H groups in total. The van der Waals surface area contributed by atoms with E-state index < -0.39 is 17.4 Å². The number of piperidine rings is 1. The van der Waals surface area contributed by atoms with Gasteiger partial charge in [0.2, 0.25) is 0 Å². The Morgan fingerprint density at radius 3 is 2.03 bits per heavy atom. The number of likely N-dealkylation sites (tertiary alicyclic amines) is 1. The first kappa shape index (κ1) is 24.4. The molecule has 0 aliphatic carbocycles. The van der Waals surface area contributed by atoms with Crippen LogP contribution in [0.5, 0.6) is 0 Å². The minimum Gasteiger partial charge on any atom is -0.437 e. The Bertz CT molecular complexity index is 1010. The molecular weight excluding hydrogens is 438 g/mol. The van der Waals surface area contributed by atoms with Crippen molar-refractivity contribution in [3.05, 3.63) is 77.4 Å². The van der Waals surface area contributed by atoms with Crippen LogP contribution in [0.15, 0.2) is 54.6 Å². The molecule has 1 amide bonds. The molecule has 2 aromatic rings. The highest BCUT2D eigenvalue weighted by molar-refractivity contribution is 5.79. The Morgan fingerprint density at radius 1 is 1.06 bits per heavy atom. The van der Waals surface area contributed by atoms with Gasteiger partial charge in [-0.15, -0.1) is 0 Å². The largest absolute Gasteiger partial charge is 0.437 e. The van der Waals surface area contributed by atoms with Gasteiger partial charge >= 0.3 is 6.09 Å². The number of carbonyl (C=O) groups excluding carboxylic acids is 1. The van der Waals surface area contributed by atoms with Gasteiger partial charge in [0.25, 0.3) is 0 Å². The predicted octanol–water partition coefficient (Wildman–Crippen LogP) is 4.95. The topological polar surface area (TPSA) is 49.8 Å². The second-order valence-corrected chi connectivity index (χ2v) is 9.92. The summed E-state index contributed by atoms with van der Waals surface area (Å²) >= 11 is 0. The fourth-order valence-electron chi connectivity index (χ4n) is 5.14. The number of halogens is 2. The first-order valence-electron chi connectivity index (χ1n) is 11.9. The smallest absolute Gasteiger partial charge is 0.412 e. The molecule has 0 radical (unpaired) electrons. The van der Waals surface area contributed by atoms with Crippen molar-refractivity contribution in [3.63, 3.8) is 0 Å². The highest BCUT2D eigenvalue weighted by atomic mass is 19.1. The summed E-state index contributed by atoms with van der Waals surface area (Å²) in [6, 6.07) is 12.6. The molecule has 182 valence electrons. The third-order valence-corrected chi connectivity index (χ3v) is 7.50. The standard InChI is InChI=1S/C27H33F2N2O3/c1-4-16-30-25(32)34-27(26(30,2)33)14-18-31(3,19-15-27)17-13-24(20-5-9-22(28)10-6-20)21-7-11-23(29)12-8-21/h5-13,33H,4,14-19H2,1-3H3/q+1. The van der Waals surface area contributed by atoms with E-state index in [-0.39, 0.29) is 11.6 Å². The lowest BCUT2D eigenvalue weighted by Gasteiger charge is -2.47. The van der Waals surface area contributed by atoms with Gasteiger partial charge in [0.15, 0.2) is 11.3 Å². The molecule has 1 unspecified atom stereocenters. The lowest BCUT2D eigenvalue weighted by Crippen LogP contribution is -2.64. The van der Waals surface area contributed by atoms with Crippen molar-refractivity contribution in [2.75, 3.05) is 33.2 Å². The van der Waals surface area contributed by atoms with Crippen LogP contribution < -0.4 is 0 Å². The monoisotopic (exact) mass is 471 g/mol. The van der Waals surface area contributed by atoms with E-state index in [1.807, 2.05) is 6.92 Å². The van der Waals surface area contributed by atoms with Gasteiger partial charge in [-0.05, 0) is 60.4 Å². The average molecular weight is 472 g/mol. The van der Waals surface area contributed by atoms with Gasteiger partial charge in [0.05, 0.1) is 26.7 Å². The van der Waals surface area contributed by atoms with Gasteiger partial charge in [-0.3, -0.25) is 4.90 Å². The van der Waals surface area contributed by atoms with E-state index in [0.29, 0.717) is 30.4 Å². The van der Waals surface area contributed by atoms with Crippen molar-refractivity contribution in [1.82, 2.24) is 4.90 Å². The van der Waals surface area contributed by atoms with Gasteiger partial charge in [-0.2, -0.15) is 0 Å². The van der Waals surface area contributed by atoms with Crippen LogP contribution in [-0.2, 0) is 4.74 Å². The second kappa shape index (κ2) is 9.12. The zero-order chi connectivity index (χ0) is 24.6. The third-order valence-electron chi connectivity index (χ3n) is 7.50. The number of hydrogen-bond acceptors (Lipinski definition) is 3. The summed E-state index contributed by atoms with van der Waals surface area (Å²) in [5.41, 5.74) is 0.381. The Kier molecular flexibility index (Phi) is 6.53. The van der Waals surface area contributed by atoms with Gasteiger partial charge in [-0.1, -0.05) is 31.2 Å².